The van der Waals surface area contributed by atoms with Crippen LogP contribution in [0.1, 0.15) is 47.1 Å². The lowest BCUT2D eigenvalue weighted by Crippen LogP contribution is -2.38. The predicted octanol–water partition coefficient (Wildman–Crippen LogP) is 4.05. The minimum atomic E-state index is -0.717. The number of halogens is 1. The Kier molecular flexibility index (Phi) is 6.33. The third-order valence-corrected chi connectivity index (χ3v) is 4.92. The molecule has 4 amide bonds. The van der Waals surface area contributed by atoms with Gasteiger partial charge in [-0.2, -0.15) is 0 Å². The molecule has 0 aliphatic carbocycles. The Morgan fingerprint density at radius 2 is 1.59 bits per heavy atom. The molecule has 0 radical (unpaired) electrons. The molecule has 142 valence electrons. The van der Waals surface area contributed by atoms with Gasteiger partial charge in [0.2, 0.25) is 5.91 Å². The van der Waals surface area contributed by atoms with Gasteiger partial charge in [-0.3, -0.25) is 14.9 Å². The summed E-state index contributed by atoms with van der Waals surface area (Å²) in [5, 5.41) is 2.28. The summed E-state index contributed by atoms with van der Waals surface area (Å²) in [5.41, 5.74) is 7.19. The minimum absolute atomic E-state index is 0.0807. The maximum Gasteiger partial charge on any atom is 0.338 e. The molecule has 0 saturated heterocycles. The lowest BCUT2D eigenvalue weighted by atomic mass is 9.86. The SMILES string of the molecule is CC(C)(C)c1ccc(C(=O)NC(=O)N(S)c2ccc(C(N)=O)cc2)cc1Br. The van der Waals surface area contributed by atoms with Crippen molar-refractivity contribution in [2.45, 2.75) is 26.2 Å². The normalized spacial score (nSPS) is 11.0. The summed E-state index contributed by atoms with van der Waals surface area (Å²) in [7, 11) is 0. The molecule has 0 unspecified atom stereocenters. The van der Waals surface area contributed by atoms with E-state index in [-0.39, 0.29) is 5.41 Å². The molecule has 0 saturated carbocycles. The van der Waals surface area contributed by atoms with Crippen LogP contribution < -0.4 is 15.4 Å². The molecular formula is C19H20BrN3O3S. The zero-order valence-corrected chi connectivity index (χ0v) is 17.6. The number of rotatable bonds is 3. The summed E-state index contributed by atoms with van der Waals surface area (Å²) < 4.78 is 1.76. The summed E-state index contributed by atoms with van der Waals surface area (Å²) in [5.74, 6) is -1.12. The van der Waals surface area contributed by atoms with E-state index in [1.54, 1.807) is 12.1 Å². The minimum Gasteiger partial charge on any atom is -0.366 e. The number of nitrogens with one attached hydrogen (secondary N) is 1. The van der Waals surface area contributed by atoms with Crippen LogP contribution in [0, 0.1) is 0 Å². The molecule has 0 fully saturated rings. The van der Waals surface area contributed by atoms with Gasteiger partial charge in [0.25, 0.3) is 5.91 Å². The summed E-state index contributed by atoms with van der Waals surface area (Å²) in [6.07, 6.45) is 0. The fraction of sp³-hybridized carbons (Fsp3) is 0.211. The van der Waals surface area contributed by atoms with Crippen LogP contribution in [0.4, 0.5) is 10.5 Å². The molecule has 0 spiro atoms. The predicted molar refractivity (Wildman–Crippen MR) is 112 cm³/mol. The monoisotopic (exact) mass is 449 g/mol. The van der Waals surface area contributed by atoms with Crippen molar-refractivity contribution in [3.8, 4) is 0 Å². The van der Waals surface area contributed by atoms with Crippen molar-refractivity contribution in [1.82, 2.24) is 5.32 Å². The molecule has 2 aromatic carbocycles. The first-order valence-electron chi connectivity index (χ1n) is 8.05. The fourth-order valence-electron chi connectivity index (χ4n) is 2.37. The van der Waals surface area contributed by atoms with Crippen molar-refractivity contribution in [3.63, 3.8) is 0 Å². The van der Waals surface area contributed by atoms with Crippen LogP contribution in [0.2, 0.25) is 0 Å². The number of nitrogens with two attached hydrogens (primary N) is 1. The number of amides is 4. The second-order valence-electron chi connectivity index (χ2n) is 6.93. The summed E-state index contributed by atoms with van der Waals surface area (Å²) >= 11 is 7.58. The molecule has 2 aromatic rings. The molecule has 0 aliphatic heterocycles. The maximum atomic E-state index is 12.4. The number of primary amides is 1. The highest BCUT2D eigenvalue weighted by molar-refractivity contribution is 9.10. The van der Waals surface area contributed by atoms with E-state index in [1.165, 1.54) is 24.3 Å². The van der Waals surface area contributed by atoms with E-state index in [2.05, 4.69) is 54.8 Å². The highest BCUT2D eigenvalue weighted by atomic mass is 79.9. The van der Waals surface area contributed by atoms with Crippen LogP contribution in [0.3, 0.4) is 0 Å². The molecule has 0 heterocycles. The lowest BCUT2D eigenvalue weighted by molar-refractivity contribution is 0.0964. The Labute approximate surface area is 171 Å². The lowest BCUT2D eigenvalue weighted by Gasteiger charge is -2.21. The number of thiol groups is 1. The Morgan fingerprint density at radius 1 is 1.04 bits per heavy atom. The molecule has 0 aliphatic rings. The number of hydrogen-bond donors (Lipinski definition) is 3. The molecule has 0 aromatic heterocycles. The Hall–Kier alpha value is -2.32. The van der Waals surface area contributed by atoms with E-state index < -0.39 is 17.8 Å². The first-order valence-corrected chi connectivity index (χ1v) is 9.24. The van der Waals surface area contributed by atoms with Crippen molar-refractivity contribution < 1.29 is 14.4 Å². The van der Waals surface area contributed by atoms with Crippen LogP contribution in [0.15, 0.2) is 46.9 Å². The molecule has 0 bridgehead atoms. The number of carbonyl (C=O) groups excluding carboxylic acids is 3. The Bertz CT molecular complexity index is 892. The summed E-state index contributed by atoms with van der Waals surface area (Å²) in [4.78, 5) is 35.7. The number of anilines is 1. The number of nitrogens with zero attached hydrogens (tertiary/aromatic N) is 1. The van der Waals surface area contributed by atoms with Gasteiger partial charge in [-0.25, -0.2) is 9.10 Å². The summed E-state index contributed by atoms with van der Waals surface area (Å²) in [6.45, 7) is 6.20. The molecule has 6 nitrogen and oxygen atoms in total. The maximum absolute atomic E-state index is 12.4. The highest BCUT2D eigenvalue weighted by Gasteiger charge is 2.20. The van der Waals surface area contributed by atoms with E-state index in [9.17, 15) is 14.4 Å². The smallest absolute Gasteiger partial charge is 0.338 e. The second kappa shape index (κ2) is 8.14. The van der Waals surface area contributed by atoms with Gasteiger partial charge < -0.3 is 5.73 Å². The van der Waals surface area contributed by atoms with Crippen molar-refractivity contribution >= 4 is 52.3 Å². The Morgan fingerprint density at radius 3 is 2.07 bits per heavy atom. The van der Waals surface area contributed by atoms with Crippen LogP contribution in [0.5, 0.6) is 0 Å². The van der Waals surface area contributed by atoms with Crippen molar-refractivity contribution in [3.05, 3.63) is 63.6 Å². The van der Waals surface area contributed by atoms with Crippen molar-refractivity contribution in [2.75, 3.05) is 4.31 Å². The number of hydrogen-bond acceptors (Lipinski definition) is 4. The van der Waals surface area contributed by atoms with Crippen LogP contribution in [-0.2, 0) is 5.41 Å². The van der Waals surface area contributed by atoms with Crippen LogP contribution in [-0.4, -0.2) is 17.8 Å². The third kappa shape index (κ3) is 5.11. The van der Waals surface area contributed by atoms with Gasteiger partial charge in [0.05, 0.1) is 5.69 Å². The quantitative estimate of drug-likeness (QED) is 0.617. The fourth-order valence-corrected chi connectivity index (χ4v) is 3.53. The summed E-state index contributed by atoms with van der Waals surface area (Å²) in [6, 6.07) is 10.4. The highest BCUT2D eigenvalue weighted by Crippen LogP contribution is 2.30. The van der Waals surface area contributed by atoms with Gasteiger partial charge in [-0.05, 0) is 47.4 Å². The standard InChI is InChI=1S/C19H20BrN3O3S/c1-19(2,3)14-9-6-12(10-15(14)20)17(25)22-18(26)23(27)13-7-4-11(5-8-13)16(21)24/h4-10,27H,1-3H3,(H2,21,24)(H,22,25,26). The topological polar surface area (TPSA) is 92.5 Å². The molecule has 27 heavy (non-hydrogen) atoms. The zero-order chi connectivity index (χ0) is 20.4. The van der Waals surface area contributed by atoms with E-state index in [4.69, 9.17) is 5.73 Å². The number of carbonyl (C=O) groups is 3. The first-order chi connectivity index (χ1) is 12.5. The van der Waals surface area contributed by atoms with E-state index in [1.807, 2.05) is 6.07 Å². The van der Waals surface area contributed by atoms with E-state index in [0.29, 0.717) is 16.8 Å². The molecule has 0 atom stereocenters. The Balaban J connectivity index is 2.11. The average molecular weight is 450 g/mol. The van der Waals surface area contributed by atoms with Gasteiger partial charge in [0.15, 0.2) is 0 Å². The number of imide groups is 1. The molecule has 8 heteroatoms. The van der Waals surface area contributed by atoms with Crippen molar-refractivity contribution in [2.24, 2.45) is 5.73 Å². The largest absolute Gasteiger partial charge is 0.366 e. The van der Waals surface area contributed by atoms with Gasteiger partial charge >= 0.3 is 6.03 Å². The molecule has 3 N–H and O–H groups in total. The third-order valence-electron chi connectivity index (χ3n) is 3.85. The second-order valence-corrected chi connectivity index (χ2v) is 8.18. The van der Waals surface area contributed by atoms with E-state index >= 15 is 0 Å². The average Bonchev–Trinajstić information content (AvgIpc) is 2.59. The van der Waals surface area contributed by atoms with E-state index in [0.717, 1.165) is 14.3 Å². The first kappa shape index (κ1) is 21.0. The number of benzene rings is 2. The molecule has 2 rings (SSSR count). The van der Waals surface area contributed by atoms with Gasteiger partial charge in [-0.1, -0.05) is 55.6 Å². The van der Waals surface area contributed by atoms with Gasteiger partial charge in [0, 0.05) is 15.6 Å². The van der Waals surface area contributed by atoms with Gasteiger partial charge in [-0.15, -0.1) is 0 Å². The van der Waals surface area contributed by atoms with Crippen molar-refractivity contribution in [1.29, 1.82) is 0 Å². The molecular weight excluding hydrogens is 430 g/mol. The van der Waals surface area contributed by atoms with Gasteiger partial charge in [0.1, 0.15) is 0 Å². The number of urea groups is 1. The van der Waals surface area contributed by atoms with Crippen LogP contribution in [0.25, 0.3) is 0 Å². The zero-order valence-electron chi connectivity index (χ0n) is 15.1. The van der Waals surface area contributed by atoms with Crippen LogP contribution >= 0.6 is 28.7 Å².